The molecule has 0 radical (unpaired) electrons. The van der Waals surface area contributed by atoms with E-state index in [1.54, 1.807) is 24.8 Å². The van der Waals surface area contributed by atoms with Gasteiger partial charge in [0.1, 0.15) is 30.0 Å². The van der Waals surface area contributed by atoms with Gasteiger partial charge in [0.2, 0.25) is 5.95 Å². The Balaban J connectivity index is 1.62. The lowest BCUT2D eigenvalue weighted by Gasteiger charge is -2.38. The van der Waals surface area contributed by atoms with Crippen molar-refractivity contribution in [2.45, 2.75) is 12.1 Å². The largest absolute Gasteiger partial charge is 0.497 e. The number of methoxy groups -OCH3 is 1. The van der Waals surface area contributed by atoms with Crippen LogP contribution in [-0.4, -0.2) is 21.9 Å². The normalized spacial score (nSPS) is 19.2. The molecule has 2 aliphatic heterocycles. The second-order valence-electron chi connectivity index (χ2n) is 7.17. The average molecular weight is 414 g/mol. The van der Waals surface area contributed by atoms with Crippen LogP contribution in [0.15, 0.2) is 77.9 Å². The van der Waals surface area contributed by atoms with Crippen LogP contribution >= 0.6 is 11.3 Å². The van der Waals surface area contributed by atoms with Gasteiger partial charge in [-0.3, -0.25) is 0 Å². The summed E-state index contributed by atoms with van der Waals surface area (Å²) < 4.78 is 14.0. The molecule has 0 amide bonds. The number of thiophene rings is 1. The molecule has 4 aromatic rings. The molecule has 0 saturated heterocycles. The van der Waals surface area contributed by atoms with Crippen LogP contribution in [0.25, 0.3) is 5.70 Å². The number of nitrogens with zero attached hydrogens (tertiary/aromatic N) is 3. The van der Waals surface area contributed by atoms with Crippen LogP contribution in [0.3, 0.4) is 0 Å². The number of anilines is 1. The lowest BCUT2D eigenvalue weighted by atomic mass is 9.87. The Hall–Kier alpha value is -3.58. The van der Waals surface area contributed by atoms with E-state index in [-0.39, 0.29) is 12.1 Å². The van der Waals surface area contributed by atoms with Crippen LogP contribution in [0.1, 0.15) is 28.1 Å². The summed E-state index contributed by atoms with van der Waals surface area (Å²) in [6.07, 6.45) is 1.30. The van der Waals surface area contributed by atoms with Gasteiger partial charge < -0.3 is 14.8 Å². The number of ether oxygens (including phenoxy) is 2. The Morgan fingerprint density at radius 3 is 2.90 bits per heavy atom. The number of hydrogen-bond donors (Lipinski definition) is 1. The molecule has 6 nitrogen and oxygen atoms in total. The second kappa shape index (κ2) is 6.74. The fourth-order valence-corrected chi connectivity index (χ4v) is 5.04. The van der Waals surface area contributed by atoms with Crippen molar-refractivity contribution in [2.24, 2.45) is 0 Å². The summed E-state index contributed by atoms with van der Waals surface area (Å²) in [6.45, 7) is 0. The minimum atomic E-state index is -0.290. The van der Waals surface area contributed by atoms with Gasteiger partial charge in [-0.1, -0.05) is 30.3 Å². The fraction of sp³-hybridized carbons (Fsp3) is 0.130. The zero-order valence-corrected chi connectivity index (χ0v) is 17.0. The average Bonchev–Trinajstić information content (AvgIpc) is 3.49. The summed E-state index contributed by atoms with van der Waals surface area (Å²) in [4.78, 5) is 5.64. The molecule has 148 valence electrons. The molecule has 2 aromatic carbocycles. The van der Waals surface area contributed by atoms with Gasteiger partial charge in [-0.2, -0.15) is 10.1 Å². The number of rotatable bonds is 3. The summed E-state index contributed by atoms with van der Waals surface area (Å²) in [5, 5.41) is 10.1. The summed E-state index contributed by atoms with van der Waals surface area (Å²) in [5.41, 5.74) is 4.21. The van der Waals surface area contributed by atoms with Gasteiger partial charge in [0.25, 0.3) is 0 Å². The molecule has 0 aliphatic carbocycles. The number of benzene rings is 2. The van der Waals surface area contributed by atoms with Crippen molar-refractivity contribution in [1.82, 2.24) is 14.8 Å². The molecular weight excluding hydrogens is 396 g/mol. The Bertz CT molecular complexity index is 1260. The smallest absolute Gasteiger partial charge is 0.226 e. The number of fused-ring (bicyclic) bond motifs is 3. The van der Waals surface area contributed by atoms with E-state index in [0.717, 1.165) is 39.8 Å². The summed E-state index contributed by atoms with van der Waals surface area (Å²) in [7, 11) is 1.68. The van der Waals surface area contributed by atoms with Gasteiger partial charge in [0.05, 0.1) is 12.8 Å². The van der Waals surface area contributed by atoms with Crippen molar-refractivity contribution in [3.63, 3.8) is 0 Å². The topological polar surface area (TPSA) is 61.2 Å². The third-order valence-corrected chi connectivity index (χ3v) is 6.46. The molecule has 6 rings (SSSR count). The molecule has 2 aromatic heterocycles. The molecule has 7 heteroatoms. The highest BCUT2D eigenvalue weighted by molar-refractivity contribution is 7.10. The van der Waals surface area contributed by atoms with Crippen molar-refractivity contribution in [3.8, 4) is 11.5 Å². The summed E-state index contributed by atoms with van der Waals surface area (Å²) in [6, 6.07) is 20.3. The van der Waals surface area contributed by atoms with Crippen LogP contribution in [0.2, 0.25) is 0 Å². The number of aromatic nitrogens is 3. The van der Waals surface area contributed by atoms with E-state index in [1.165, 1.54) is 4.88 Å². The molecule has 0 spiro atoms. The van der Waals surface area contributed by atoms with Crippen molar-refractivity contribution >= 4 is 23.0 Å². The first-order valence-corrected chi connectivity index (χ1v) is 10.6. The maximum atomic E-state index is 6.60. The zero-order valence-electron chi connectivity index (χ0n) is 16.1. The van der Waals surface area contributed by atoms with Gasteiger partial charge in [-0.05, 0) is 35.7 Å². The Morgan fingerprint density at radius 1 is 1.10 bits per heavy atom. The first kappa shape index (κ1) is 17.3. The Labute approximate surface area is 177 Å². The standard InChI is InChI=1S/C23H18N4O2S/c1-28-15-7-4-6-14(12-15)22-19-20(16-8-2-3-9-17(16)29-22)26-23-24-13-25-27(23)21(19)18-10-5-11-30-18/h2-13,21-22H,1H3,(H,24,25,26)/t21-,22-/m0/s1. The molecule has 4 heterocycles. The first-order chi connectivity index (χ1) is 14.8. The minimum absolute atomic E-state index is 0.108. The summed E-state index contributed by atoms with van der Waals surface area (Å²) >= 11 is 1.71. The monoisotopic (exact) mass is 414 g/mol. The van der Waals surface area contributed by atoms with Gasteiger partial charge in [0, 0.05) is 21.6 Å². The summed E-state index contributed by atoms with van der Waals surface area (Å²) in [5.74, 6) is 2.37. The van der Waals surface area contributed by atoms with Crippen molar-refractivity contribution < 1.29 is 9.47 Å². The number of para-hydroxylation sites is 1. The van der Waals surface area contributed by atoms with Gasteiger partial charge in [-0.15, -0.1) is 11.3 Å². The lowest BCUT2D eigenvalue weighted by Crippen LogP contribution is -2.32. The fourth-order valence-electron chi connectivity index (χ4n) is 4.22. The SMILES string of the molecule is COc1cccc([C@@H]2Oc3ccccc3C3=C2[C@H](c2cccs2)n2ncnc2N3)c1. The quantitative estimate of drug-likeness (QED) is 0.516. The minimum Gasteiger partial charge on any atom is -0.497 e. The molecule has 2 atom stereocenters. The van der Waals surface area contributed by atoms with Gasteiger partial charge >= 0.3 is 0 Å². The van der Waals surface area contributed by atoms with Crippen LogP contribution in [0.4, 0.5) is 5.95 Å². The van der Waals surface area contributed by atoms with Crippen molar-refractivity contribution in [2.75, 3.05) is 12.4 Å². The molecule has 0 unspecified atom stereocenters. The maximum absolute atomic E-state index is 6.60. The van der Waals surface area contributed by atoms with Crippen LogP contribution in [0.5, 0.6) is 11.5 Å². The van der Waals surface area contributed by atoms with E-state index in [9.17, 15) is 0 Å². The van der Waals surface area contributed by atoms with E-state index in [4.69, 9.17) is 9.47 Å². The van der Waals surface area contributed by atoms with E-state index in [0.29, 0.717) is 0 Å². The first-order valence-electron chi connectivity index (χ1n) is 9.67. The van der Waals surface area contributed by atoms with Crippen LogP contribution in [0, 0.1) is 0 Å². The van der Waals surface area contributed by atoms with Crippen molar-refractivity contribution in [3.05, 3.63) is 93.9 Å². The predicted octanol–water partition coefficient (Wildman–Crippen LogP) is 4.91. The molecule has 0 fully saturated rings. The molecule has 2 aliphatic rings. The third-order valence-electron chi connectivity index (χ3n) is 5.53. The highest BCUT2D eigenvalue weighted by Crippen LogP contribution is 2.51. The number of nitrogens with one attached hydrogen (secondary N) is 1. The molecule has 1 N–H and O–H groups in total. The Kier molecular flexibility index (Phi) is 3.89. The highest BCUT2D eigenvalue weighted by atomic mass is 32.1. The van der Waals surface area contributed by atoms with Crippen LogP contribution in [-0.2, 0) is 0 Å². The maximum Gasteiger partial charge on any atom is 0.226 e. The van der Waals surface area contributed by atoms with E-state index in [1.807, 2.05) is 41.1 Å². The highest BCUT2D eigenvalue weighted by Gasteiger charge is 2.41. The molecule has 0 bridgehead atoms. The lowest BCUT2D eigenvalue weighted by molar-refractivity contribution is 0.223. The van der Waals surface area contributed by atoms with Gasteiger partial charge in [-0.25, -0.2) is 4.68 Å². The van der Waals surface area contributed by atoms with E-state index < -0.39 is 0 Å². The van der Waals surface area contributed by atoms with Gasteiger partial charge in [0.15, 0.2) is 0 Å². The molecule has 0 saturated carbocycles. The number of hydrogen-bond acceptors (Lipinski definition) is 6. The van der Waals surface area contributed by atoms with Crippen LogP contribution < -0.4 is 14.8 Å². The Morgan fingerprint density at radius 2 is 2.03 bits per heavy atom. The molecular formula is C23H18N4O2S. The van der Waals surface area contributed by atoms with E-state index >= 15 is 0 Å². The third kappa shape index (κ3) is 2.55. The second-order valence-corrected chi connectivity index (χ2v) is 8.15. The molecule has 30 heavy (non-hydrogen) atoms. The zero-order chi connectivity index (χ0) is 20.1. The van der Waals surface area contributed by atoms with Crippen molar-refractivity contribution in [1.29, 1.82) is 0 Å². The van der Waals surface area contributed by atoms with E-state index in [2.05, 4.69) is 45.0 Å². The predicted molar refractivity (Wildman–Crippen MR) is 116 cm³/mol.